The van der Waals surface area contributed by atoms with Crippen molar-refractivity contribution in [3.63, 3.8) is 0 Å². The molecule has 0 radical (unpaired) electrons. The fourth-order valence-corrected chi connectivity index (χ4v) is 5.10. The van der Waals surface area contributed by atoms with E-state index in [1.807, 2.05) is 18.9 Å². The summed E-state index contributed by atoms with van der Waals surface area (Å²) in [5, 5.41) is 0. The van der Waals surface area contributed by atoms with Crippen molar-refractivity contribution in [3.05, 3.63) is 12.2 Å². The molecule has 2 nitrogen and oxygen atoms in total. The molecule has 5 atom stereocenters. The Morgan fingerprint density at radius 1 is 1.11 bits per heavy atom. The highest BCUT2D eigenvalue weighted by Gasteiger charge is 2.54. The Morgan fingerprint density at radius 2 is 1.78 bits per heavy atom. The standard InChI is InChI=1S/C16H25NO/c1-10(2)16(18)17(3)15-9-11-8-14(15)13-7-5-4-6-12(11)13/h11-15H,1,4-9H2,2-3H3. The molecule has 100 valence electrons. The lowest BCUT2D eigenvalue weighted by molar-refractivity contribution is -0.129. The van der Waals surface area contributed by atoms with Gasteiger partial charge in [0.25, 0.3) is 0 Å². The number of nitrogens with zero attached hydrogens (tertiary/aromatic N) is 1. The van der Waals surface area contributed by atoms with Gasteiger partial charge < -0.3 is 4.90 Å². The van der Waals surface area contributed by atoms with E-state index in [1.54, 1.807) is 0 Å². The number of likely N-dealkylation sites (N-methyl/N-ethyl adjacent to an activating group) is 1. The van der Waals surface area contributed by atoms with Crippen LogP contribution in [0.5, 0.6) is 0 Å². The zero-order valence-corrected chi connectivity index (χ0v) is 11.7. The normalized spacial score (nSPS) is 41.6. The Bertz CT molecular complexity index is 375. The Balaban J connectivity index is 1.74. The minimum atomic E-state index is 0.153. The number of hydrogen-bond acceptors (Lipinski definition) is 1. The highest BCUT2D eigenvalue weighted by atomic mass is 16.2. The Morgan fingerprint density at radius 3 is 2.44 bits per heavy atom. The fraction of sp³-hybridized carbons (Fsp3) is 0.812. The van der Waals surface area contributed by atoms with Gasteiger partial charge in [-0.15, -0.1) is 0 Å². The highest BCUT2D eigenvalue weighted by molar-refractivity contribution is 5.92. The second-order valence-corrected chi connectivity index (χ2v) is 6.77. The first-order chi connectivity index (χ1) is 8.59. The lowest BCUT2D eigenvalue weighted by Crippen LogP contribution is -2.45. The van der Waals surface area contributed by atoms with Gasteiger partial charge >= 0.3 is 0 Å². The molecule has 3 aliphatic rings. The molecule has 0 saturated heterocycles. The lowest BCUT2D eigenvalue weighted by atomic mass is 9.69. The SMILES string of the molecule is C=C(C)C(=O)N(C)C1CC2CC1C1CCCCC21. The van der Waals surface area contributed by atoms with Crippen LogP contribution in [-0.2, 0) is 4.79 Å². The number of carbonyl (C=O) groups is 1. The first-order valence-electron chi connectivity index (χ1n) is 7.52. The van der Waals surface area contributed by atoms with Gasteiger partial charge in [0, 0.05) is 18.7 Å². The average Bonchev–Trinajstić information content (AvgIpc) is 2.96. The van der Waals surface area contributed by atoms with Crippen molar-refractivity contribution in [2.75, 3.05) is 7.05 Å². The Hall–Kier alpha value is -0.790. The van der Waals surface area contributed by atoms with Crippen molar-refractivity contribution in [2.24, 2.45) is 23.7 Å². The molecular weight excluding hydrogens is 222 g/mol. The molecule has 0 heterocycles. The maximum absolute atomic E-state index is 12.1. The zero-order valence-electron chi connectivity index (χ0n) is 11.7. The topological polar surface area (TPSA) is 20.3 Å². The first-order valence-corrected chi connectivity index (χ1v) is 7.52. The van der Waals surface area contributed by atoms with Crippen molar-refractivity contribution >= 4 is 5.91 Å². The third-order valence-electron chi connectivity index (χ3n) is 5.83. The number of hydrogen-bond donors (Lipinski definition) is 0. The molecule has 2 bridgehead atoms. The van der Waals surface area contributed by atoms with Gasteiger partial charge in [0.15, 0.2) is 0 Å². The summed E-state index contributed by atoms with van der Waals surface area (Å²) >= 11 is 0. The van der Waals surface area contributed by atoms with Gasteiger partial charge in [0.2, 0.25) is 5.91 Å². The third-order valence-corrected chi connectivity index (χ3v) is 5.83. The van der Waals surface area contributed by atoms with Crippen LogP contribution in [0.1, 0.15) is 45.4 Å². The molecule has 3 saturated carbocycles. The summed E-state index contributed by atoms with van der Waals surface area (Å²) < 4.78 is 0. The molecule has 1 amide bonds. The molecule has 0 aromatic rings. The number of rotatable bonds is 2. The van der Waals surface area contributed by atoms with E-state index in [9.17, 15) is 4.79 Å². The Labute approximate surface area is 110 Å². The van der Waals surface area contributed by atoms with Crippen LogP contribution in [0.3, 0.4) is 0 Å². The molecule has 0 aromatic heterocycles. The van der Waals surface area contributed by atoms with Crippen molar-refractivity contribution in [3.8, 4) is 0 Å². The van der Waals surface area contributed by atoms with Crippen molar-refractivity contribution in [1.82, 2.24) is 4.90 Å². The van der Waals surface area contributed by atoms with Gasteiger partial charge in [0.05, 0.1) is 0 Å². The van der Waals surface area contributed by atoms with Gasteiger partial charge in [0.1, 0.15) is 0 Å². The monoisotopic (exact) mass is 247 g/mol. The van der Waals surface area contributed by atoms with Gasteiger partial charge in [-0.25, -0.2) is 0 Å². The average molecular weight is 247 g/mol. The van der Waals surface area contributed by atoms with Gasteiger partial charge in [-0.05, 0) is 56.3 Å². The Kier molecular flexibility index (Phi) is 2.99. The summed E-state index contributed by atoms with van der Waals surface area (Å²) in [6.07, 6.45) is 8.36. The predicted octanol–water partition coefficient (Wildman–Crippen LogP) is 3.24. The second kappa shape index (κ2) is 4.40. The van der Waals surface area contributed by atoms with Crippen molar-refractivity contribution in [1.29, 1.82) is 0 Å². The first kappa shape index (κ1) is 12.3. The fourth-order valence-electron chi connectivity index (χ4n) is 5.10. The van der Waals surface area contributed by atoms with E-state index in [2.05, 4.69) is 6.58 Å². The lowest BCUT2D eigenvalue weighted by Gasteiger charge is -2.42. The summed E-state index contributed by atoms with van der Waals surface area (Å²) in [5.74, 6) is 3.76. The molecule has 3 fully saturated rings. The van der Waals surface area contributed by atoms with Gasteiger partial charge in [-0.2, -0.15) is 0 Å². The summed E-state index contributed by atoms with van der Waals surface area (Å²) in [5.41, 5.74) is 0.681. The maximum atomic E-state index is 12.1. The van der Waals surface area contributed by atoms with E-state index in [0.29, 0.717) is 11.6 Å². The summed E-state index contributed by atoms with van der Waals surface area (Å²) in [4.78, 5) is 14.1. The second-order valence-electron chi connectivity index (χ2n) is 6.77. The zero-order chi connectivity index (χ0) is 12.9. The van der Waals surface area contributed by atoms with Gasteiger partial charge in [-0.1, -0.05) is 19.4 Å². The van der Waals surface area contributed by atoms with E-state index in [0.717, 1.165) is 23.7 Å². The van der Waals surface area contributed by atoms with E-state index in [1.165, 1.54) is 38.5 Å². The molecule has 2 heteroatoms. The van der Waals surface area contributed by atoms with Crippen LogP contribution >= 0.6 is 0 Å². The largest absolute Gasteiger partial charge is 0.339 e. The molecule has 3 rings (SSSR count). The summed E-state index contributed by atoms with van der Waals surface area (Å²) in [6.45, 7) is 5.63. The van der Waals surface area contributed by atoms with Crippen LogP contribution in [0.2, 0.25) is 0 Å². The maximum Gasteiger partial charge on any atom is 0.248 e. The molecule has 0 aromatic carbocycles. The molecule has 3 aliphatic carbocycles. The summed E-state index contributed by atoms with van der Waals surface area (Å²) in [6, 6.07) is 0.499. The van der Waals surface area contributed by atoms with E-state index >= 15 is 0 Å². The van der Waals surface area contributed by atoms with Crippen molar-refractivity contribution < 1.29 is 4.79 Å². The van der Waals surface area contributed by atoms with Gasteiger partial charge in [-0.3, -0.25) is 4.79 Å². The minimum Gasteiger partial charge on any atom is -0.339 e. The molecule has 0 spiro atoms. The molecular formula is C16H25NO. The highest BCUT2D eigenvalue weighted by Crippen LogP contribution is 2.58. The number of amides is 1. The van der Waals surface area contributed by atoms with E-state index < -0.39 is 0 Å². The minimum absolute atomic E-state index is 0.153. The smallest absolute Gasteiger partial charge is 0.248 e. The molecule has 0 N–H and O–H groups in total. The quantitative estimate of drug-likeness (QED) is 0.686. The number of carbonyl (C=O) groups excluding carboxylic acids is 1. The molecule has 0 aliphatic heterocycles. The predicted molar refractivity (Wildman–Crippen MR) is 73.0 cm³/mol. The van der Waals surface area contributed by atoms with E-state index in [-0.39, 0.29) is 5.91 Å². The third kappa shape index (κ3) is 1.72. The molecule has 5 unspecified atom stereocenters. The van der Waals surface area contributed by atoms with Crippen molar-refractivity contribution in [2.45, 2.75) is 51.5 Å². The van der Waals surface area contributed by atoms with Crippen LogP contribution in [0.15, 0.2) is 12.2 Å². The summed E-state index contributed by atoms with van der Waals surface area (Å²) in [7, 11) is 1.99. The van der Waals surface area contributed by atoms with Crippen LogP contribution in [0.4, 0.5) is 0 Å². The number of fused-ring (bicyclic) bond motifs is 5. The molecule has 18 heavy (non-hydrogen) atoms. The van der Waals surface area contributed by atoms with E-state index in [4.69, 9.17) is 0 Å². The van der Waals surface area contributed by atoms with Crippen LogP contribution < -0.4 is 0 Å². The van der Waals surface area contributed by atoms with Crippen LogP contribution in [0, 0.1) is 23.7 Å². The van der Waals surface area contributed by atoms with Crippen LogP contribution in [-0.4, -0.2) is 23.9 Å². The van der Waals surface area contributed by atoms with Crippen LogP contribution in [0.25, 0.3) is 0 Å².